The lowest BCUT2D eigenvalue weighted by Crippen LogP contribution is -2.66. The number of amides is 1. The van der Waals surface area contributed by atoms with Gasteiger partial charge in [-0.1, -0.05) is 0 Å². The number of nitrogens with one attached hydrogen (secondary N) is 1. The molecule has 1 amide bonds. The zero-order valence-electron chi connectivity index (χ0n) is 13.5. The van der Waals surface area contributed by atoms with Crippen molar-refractivity contribution < 1.29 is 19.9 Å². The molecule has 0 aromatic heterocycles. The highest BCUT2D eigenvalue weighted by Crippen LogP contribution is 2.55. The Labute approximate surface area is 137 Å². The van der Waals surface area contributed by atoms with Gasteiger partial charge in [-0.2, -0.15) is 0 Å². The Morgan fingerprint density at radius 1 is 1.22 bits per heavy atom. The molecule has 7 heteroatoms. The molecule has 5 aliphatic rings. The van der Waals surface area contributed by atoms with Crippen molar-refractivity contribution in [3.05, 3.63) is 0 Å². The van der Waals surface area contributed by atoms with Gasteiger partial charge in [0.15, 0.2) is 0 Å². The summed E-state index contributed by atoms with van der Waals surface area (Å²) in [6.45, 7) is 0.771. The van der Waals surface area contributed by atoms with E-state index >= 15 is 0 Å². The lowest BCUT2D eigenvalue weighted by Gasteiger charge is -2.59. The molecule has 0 radical (unpaired) electrons. The third kappa shape index (κ3) is 2.71. The summed E-state index contributed by atoms with van der Waals surface area (Å²) in [5.41, 5.74) is -0.643. The van der Waals surface area contributed by atoms with Gasteiger partial charge in [-0.25, -0.2) is 0 Å². The van der Waals surface area contributed by atoms with E-state index < -0.39 is 18.7 Å². The van der Waals surface area contributed by atoms with E-state index in [2.05, 4.69) is 5.32 Å². The Balaban J connectivity index is 1.38. The van der Waals surface area contributed by atoms with Crippen LogP contribution in [0.15, 0.2) is 0 Å². The molecule has 4 aliphatic carbocycles. The Morgan fingerprint density at radius 3 is 2.52 bits per heavy atom. The normalized spacial score (nSPS) is 44.8. The monoisotopic (exact) mass is 322 g/mol. The summed E-state index contributed by atoms with van der Waals surface area (Å²) >= 11 is 0. The summed E-state index contributed by atoms with van der Waals surface area (Å²) in [4.78, 5) is 14.0. The second-order valence-corrected chi connectivity index (χ2v) is 8.28. The van der Waals surface area contributed by atoms with Crippen LogP contribution in [0, 0.1) is 17.8 Å². The van der Waals surface area contributed by atoms with Gasteiger partial charge in [0.1, 0.15) is 0 Å². The molecule has 128 valence electrons. The Bertz CT molecular complexity index is 475. The maximum Gasteiger partial charge on any atom is 0.475 e. The highest BCUT2D eigenvalue weighted by atomic mass is 16.4. The second kappa shape index (κ2) is 5.72. The van der Waals surface area contributed by atoms with Crippen LogP contribution < -0.4 is 5.32 Å². The Kier molecular flexibility index (Phi) is 3.95. The van der Waals surface area contributed by atoms with Crippen molar-refractivity contribution in [2.24, 2.45) is 17.8 Å². The van der Waals surface area contributed by atoms with Crippen LogP contribution in [0.25, 0.3) is 0 Å². The quantitative estimate of drug-likeness (QED) is 0.525. The van der Waals surface area contributed by atoms with Crippen LogP contribution >= 0.6 is 0 Å². The summed E-state index contributed by atoms with van der Waals surface area (Å²) < 4.78 is 0. The molecule has 1 saturated heterocycles. The fourth-order valence-electron chi connectivity index (χ4n) is 6.07. The van der Waals surface area contributed by atoms with Crippen LogP contribution in [-0.2, 0) is 4.79 Å². The van der Waals surface area contributed by atoms with Crippen molar-refractivity contribution in [1.29, 1.82) is 0 Å². The number of carbonyl (C=O) groups excluding carboxylic acids is 1. The minimum atomic E-state index is -1.47. The van der Waals surface area contributed by atoms with Crippen LogP contribution in [0.1, 0.15) is 44.9 Å². The minimum Gasteiger partial charge on any atom is -0.426 e. The fraction of sp³-hybridized carbons (Fsp3) is 0.938. The van der Waals surface area contributed by atoms with E-state index in [4.69, 9.17) is 0 Å². The molecular formula is C16H27BN2O4. The van der Waals surface area contributed by atoms with Gasteiger partial charge < -0.3 is 25.4 Å². The van der Waals surface area contributed by atoms with Crippen LogP contribution in [0.2, 0.25) is 0 Å². The third-order valence-electron chi connectivity index (χ3n) is 6.71. The molecule has 0 spiro atoms. The molecule has 4 saturated carbocycles. The molecule has 5 rings (SSSR count). The average molecular weight is 322 g/mol. The maximum absolute atomic E-state index is 12.5. The fourth-order valence-corrected chi connectivity index (χ4v) is 6.07. The minimum absolute atomic E-state index is 0.0133. The van der Waals surface area contributed by atoms with Crippen molar-refractivity contribution in [3.63, 3.8) is 0 Å². The molecule has 3 unspecified atom stereocenters. The zero-order valence-corrected chi connectivity index (χ0v) is 13.5. The van der Waals surface area contributed by atoms with Crippen molar-refractivity contribution in [1.82, 2.24) is 10.2 Å². The summed E-state index contributed by atoms with van der Waals surface area (Å²) in [7, 11) is -1.47. The molecular weight excluding hydrogens is 295 g/mol. The number of hydrogen-bond acceptors (Lipinski definition) is 5. The first-order valence-corrected chi connectivity index (χ1v) is 9.07. The maximum atomic E-state index is 12.5. The van der Waals surface area contributed by atoms with E-state index in [0.717, 1.165) is 19.3 Å². The van der Waals surface area contributed by atoms with E-state index in [1.54, 1.807) is 4.90 Å². The molecule has 23 heavy (non-hydrogen) atoms. The number of rotatable bonds is 4. The predicted octanol–water partition coefficient (Wildman–Crippen LogP) is -0.481. The van der Waals surface area contributed by atoms with Gasteiger partial charge >= 0.3 is 7.12 Å². The van der Waals surface area contributed by atoms with Crippen LogP contribution in [0.5, 0.6) is 0 Å². The summed E-state index contributed by atoms with van der Waals surface area (Å²) in [6, 6.07) is 0.0133. The number of hydrogen-bond donors (Lipinski definition) is 4. The second-order valence-electron chi connectivity index (χ2n) is 8.28. The van der Waals surface area contributed by atoms with E-state index in [9.17, 15) is 19.9 Å². The molecule has 6 nitrogen and oxygen atoms in total. The van der Waals surface area contributed by atoms with Gasteiger partial charge in [0.25, 0.3) is 0 Å². The molecule has 5 fully saturated rings. The van der Waals surface area contributed by atoms with E-state index in [0.29, 0.717) is 30.7 Å². The first-order chi connectivity index (χ1) is 11.0. The highest BCUT2D eigenvalue weighted by Gasteiger charge is 2.56. The van der Waals surface area contributed by atoms with Gasteiger partial charge in [0.05, 0.1) is 18.1 Å². The van der Waals surface area contributed by atoms with E-state index in [1.807, 2.05) is 0 Å². The van der Waals surface area contributed by atoms with Gasteiger partial charge in [-0.3, -0.25) is 4.79 Å². The number of nitrogens with zero attached hydrogens (tertiary/aromatic N) is 1. The van der Waals surface area contributed by atoms with Gasteiger partial charge in [-0.15, -0.1) is 0 Å². The summed E-state index contributed by atoms with van der Waals surface area (Å²) in [5.74, 6) is 1.25. The SMILES string of the molecule is O=C(CNC1C2CC3CC(C2)CC1(O)C3)N1CCC[C@H]1B(O)O. The van der Waals surface area contributed by atoms with Crippen LogP contribution in [-0.4, -0.2) is 63.8 Å². The van der Waals surface area contributed by atoms with Crippen molar-refractivity contribution in [2.75, 3.05) is 13.1 Å². The van der Waals surface area contributed by atoms with Crippen molar-refractivity contribution in [3.8, 4) is 0 Å². The lowest BCUT2D eigenvalue weighted by molar-refractivity contribution is -0.152. The molecule has 4 N–H and O–H groups in total. The first kappa shape index (κ1) is 15.9. The largest absolute Gasteiger partial charge is 0.475 e. The molecule has 4 bridgehead atoms. The van der Waals surface area contributed by atoms with Crippen LogP contribution in [0.4, 0.5) is 0 Å². The number of aliphatic hydroxyl groups is 1. The number of likely N-dealkylation sites (tertiary alicyclic amines) is 1. The third-order valence-corrected chi connectivity index (χ3v) is 6.71. The molecule has 1 heterocycles. The molecule has 4 atom stereocenters. The average Bonchev–Trinajstić information content (AvgIpc) is 2.94. The van der Waals surface area contributed by atoms with E-state index in [1.165, 1.54) is 19.3 Å². The van der Waals surface area contributed by atoms with Crippen molar-refractivity contribution >= 4 is 13.0 Å². The smallest absolute Gasteiger partial charge is 0.426 e. The van der Waals surface area contributed by atoms with E-state index in [-0.39, 0.29) is 18.5 Å². The predicted molar refractivity (Wildman–Crippen MR) is 85.2 cm³/mol. The number of carbonyl (C=O) groups is 1. The van der Waals surface area contributed by atoms with Gasteiger partial charge in [0.2, 0.25) is 5.91 Å². The van der Waals surface area contributed by atoms with Crippen molar-refractivity contribution in [2.45, 2.75) is 62.5 Å². The summed E-state index contributed by atoms with van der Waals surface area (Å²) in [6.07, 6.45) is 6.81. The summed E-state index contributed by atoms with van der Waals surface area (Å²) in [5, 5.41) is 33.1. The molecule has 0 aromatic rings. The lowest BCUT2D eigenvalue weighted by atomic mass is 9.52. The Hall–Kier alpha value is -0.625. The Morgan fingerprint density at radius 2 is 1.91 bits per heavy atom. The van der Waals surface area contributed by atoms with Gasteiger partial charge in [-0.05, 0) is 62.7 Å². The zero-order chi connectivity index (χ0) is 16.2. The molecule has 1 aliphatic heterocycles. The van der Waals surface area contributed by atoms with Crippen LogP contribution in [0.3, 0.4) is 0 Å². The topological polar surface area (TPSA) is 93.0 Å². The highest BCUT2D eigenvalue weighted by molar-refractivity contribution is 6.43. The first-order valence-electron chi connectivity index (χ1n) is 9.07. The van der Waals surface area contributed by atoms with Gasteiger partial charge in [0, 0.05) is 12.6 Å². The standard InChI is InChI=1S/C16H27BN2O4/c20-14(19-3-1-2-13(19)17(22)23)9-18-15-12-5-10-4-11(6-12)8-16(15,21)7-10/h10-13,15,18,21-23H,1-9H2/t10?,11?,12?,13-,15?,16?/m0/s1. The molecule has 0 aromatic carbocycles.